The zero-order valence-electron chi connectivity index (χ0n) is 12.3. The first-order valence-electron chi connectivity index (χ1n) is 6.78. The van der Waals surface area contributed by atoms with E-state index in [1.165, 1.54) is 0 Å². The topological polar surface area (TPSA) is 75.4 Å². The van der Waals surface area contributed by atoms with Crippen LogP contribution in [0.2, 0.25) is 0 Å². The van der Waals surface area contributed by atoms with Gasteiger partial charge in [0.1, 0.15) is 0 Å². The minimum absolute atomic E-state index is 0.0127. The van der Waals surface area contributed by atoms with Crippen LogP contribution in [-0.2, 0) is 11.3 Å². The zero-order valence-corrected chi connectivity index (χ0v) is 12.3. The summed E-state index contributed by atoms with van der Waals surface area (Å²) in [6, 6.07) is 7.24. The van der Waals surface area contributed by atoms with E-state index >= 15 is 0 Å². The Labute approximate surface area is 120 Å². The lowest BCUT2D eigenvalue weighted by atomic mass is 10.1. The Bertz CT molecular complexity index is 455. The molecule has 0 aliphatic carbocycles. The third kappa shape index (κ3) is 4.66. The number of nitrogens with one attached hydrogen (secondary N) is 1. The van der Waals surface area contributed by atoms with E-state index in [1.807, 2.05) is 26.0 Å². The number of nitrogens with two attached hydrogens (primary N) is 1. The standard InChI is InChI=1S/C15H23N3O2/c1-11(2)15(20)18(3)10-12-4-6-13(7-5-12)14(19)17-9-8-16/h4-7,11H,8-10,16H2,1-3H3,(H,17,19). The zero-order chi connectivity index (χ0) is 15.1. The molecule has 0 bridgehead atoms. The number of rotatable bonds is 6. The van der Waals surface area contributed by atoms with Gasteiger partial charge in [-0.3, -0.25) is 9.59 Å². The monoisotopic (exact) mass is 277 g/mol. The Morgan fingerprint density at radius 1 is 1.25 bits per heavy atom. The van der Waals surface area contributed by atoms with Gasteiger partial charge in [-0.2, -0.15) is 0 Å². The van der Waals surface area contributed by atoms with Gasteiger partial charge in [-0.25, -0.2) is 0 Å². The third-order valence-electron chi connectivity index (χ3n) is 2.94. The molecule has 0 aliphatic heterocycles. The summed E-state index contributed by atoms with van der Waals surface area (Å²) >= 11 is 0. The fourth-order valence-corrected chi connectivity index (χ4v) is 1.84. The van der Waals surface area contributed by atoms with Crippen molar-refractivity contribution >= 4 is 11.8 Å². The van der Waals surface area contributed by atoms with Crippen molar-refractivity contribution in [1.82, 2.24) is 10.2 Å². The number of amides is 2. The summed E-state index contributed by atoms with van der Waals surface area (Å²) in [5.41, 5.74) is 6.93. The van der Waals surface area contributed by atoms with Crippen LogP contribution in [0.4, 0.5) is 0 Å². The van der Waals surface area contributed by atoms with Gasteiger partial charge in [0.25, 0.3) is 5.91 Å². The average molecular weight is 277 g/mol. The van der Waals surface area contributed by atoms with Gasteiger partial charge in [-0.1, -0.05) is 26.0 Å². The number of hydrogen-bond acceptors (Lipinski definition) is 3. The van der Waals surface area contributed by atoms with Crippen molar-refractivity contribution in [2.45, 2.75) is 20.4 Å². The maximum atomic E-state index is 11.8. The van der Waals surface area contributed by atoms with Gasteiger partial charge in [0.2, 0.25) is 5.91 Å². The highest BCUT2D eigenvalue weighted by Gasteiger charge is 2.13. The molecular formula is C15H23N3O2. The summed E-state index contributed by atoms with van der Waals surface area (Å²) in [5.74, 6) is -0.0373. The molecule has 1 rings (SSSR count). The number of carbonyl (C=O) groups excluding carboxylic acids is 2. The first kappa shape index (κ1) is 16.2. The van der Waals surface area contributed by atoms with E-state index in [0.717, 1.165) is 5.56 Å². The van der Waals surface area contributed by atoms with E-state index in [-0.39, 0.29) is 17.7 Å². The smallest absolute Gasteiger partial charge is 0.251 e. The molecule has 5 nitrogen and oxygen atoms in total. The molecule has 0 aromatic heterocycles. The van der Waals surface area contributed by atoms with Crippen molar-refractivity contribution in [3.8, 4) is 0 Å². The number of nitrogens with zero attached hydrogens (tertiary/aromatic N) is 1. The Kier molecular flexibility index (Phi) is 6.18. The summed E-state index contributed by atoms with van der Waals surface area (Å²) in [4.78, 5) is 25.2. The number of carbonyl (C=O) groups is 2. The largest absolute Gasteiger partial charge is 0.351 e. The van der Waals surface area contributed by atoms with Gasteiger partial charge < -0.3 is 16.0 Å². The molecule has 20 heavy (non-hydrogen) atoms. The second kappa shape index (κ2) is 7.65. The molecule has 0 saturated heterocycles. The second-order valence-corrected chi connectivity index (χ2v) is 5.09. The molecule has 0 aliphatic rings. The molecule has 3 N–H and O–H groups in total. The Hall–Kier alpha value is -1.88. The van der Waals surface area contributed by atoms with E-state index in [1.54, 1.807) is 24.1 Å². The highest BCUT2D eigenvalue weighted by Crippen LogP contribution is 2.09. The van der Waals surface area contributed by atoms with Gasteiger partial charge in [-0.15, -0.1) is 0 Å². The van der Waals surface area contributed by atoms with E-state index in [0.29, 0.717) is 25.2 Å². The summed E-state index contributed by atoms with van der Waals surface area (Å²) in [5, 5.41) is 2.71. The molecule has 2 amide bonds. The SMILES string of the molecule is CC(C)C(=O)N(C)Cc1ccc(C(=O)NCCN)cc1. The van der Waals surface area contributed by atoms with Crippen molar-refractivity contribution in [2.24, 2.45) is 11.7 Å². The lowest BCUT2D eigenvalue weighted by Crippen LogP contribution is -2.30. The van der Waals surface area contributed by atoms with Crippen LogP contribution >= 0.6 is 0 Å². The normalized spacial score (nSPS) is 10.4. The lowest BCUT2D eigenvalue weighted by Gasteiger charge is -2.19. The molecule has 5 heteroatoms. The Morgan fingerprint density at radius 2 is 1.85 bits per heavy atom. The molecule has 110 valence electrons. The fraction of sp³-hybridized carbons (Fsp3) is 0.467. The van der Waals surface area contributed by atoms with E-state index in [2.05, 4.69) is 5.32 Å². The van der Waals surface area contributed by atoms with Crippen LogP contribution in [0.3, 0.4) is 0 Å². The molecule has 0 atom stereocenters. The van der Waals surface area contributed by atoms with Crippen LogP contribution in [0.1, 0.15) is 29.8 Å². The van der Waals surface area contributed by atoms with Crippen molar-refractivity contribution < 1.29 is 9.59 Å². The first-order valence-corrected chi connectivity index (χ1v) is 6.78. The van der Waals surface area contributed by atoms with Crippen molar-refractivity contribution in [3.63, 3.8) is 0 Å². The fourth-order valence-electron chi connectivity index (χ4n) is 1.84. The molecule has 0 radical (unpaired) electrons. The summed E-state index contributed by atoms with van der Waals surface area (Å²) in [7, 11) is 1.78. The molecular weight excluding hydrogens is 254 g/mol. The molecule has 0 heterocycles. The number of hydrogen-bond donors (Lipinski definition) is 2. The van der Waals surface area contributed by atoms with E-state index < -0.39 is 0 Å². The second-order valence-electron chi connectivity index (χ2n) is 5.09. The van der Waals surface area contributed by atoms with Crippen LogP contribution in [0.5, 0.6) is 0 Å². The van der Waals surface area contributed by atoms with Gasteiger partial charge in [-0.05, 0) is 17.7 Å². The quantitative estimate of drug-likeness (QED) is 0.814. The minimum Gasteiger partial charge on any atom is -0.351 e. The first-order chi connectivity index (χ1) is 9.45. The van der Waals surface area contributed by atoms with Crippen LogP contribution in [0.25, 0.3) is 0 Å². The van der Waals surface area contributed by atoms with Crippen LogP contribution < -0.4 is 11.1 Å². The van der Waals surface area contributed by atoms with E-state index in [4.69, 9.17) is 5.73 Å². The minimum atomic E-state index is -0.131. The molecule has 1 aromatic rings. The molecule has 0 fully saturated rings. The molecule has 0 saturated carbocycles. The van der Waals surface area contributed by atoms with Crippen molar-refractivity contribution in [2.75, 3.05) is 20.1 Å². The number of benzene rings is 1. The molecule has 0 unspecified atom stereocenters. The van der Waals surface area contributed by atoms with E-state index in [9.17, 15) is 9.59 Å². The van der Waals surface area contributed by atoms with Gasteiger partial charge in [0.05, 0.1) is 0 Å². The maximum absolute atomic E-state index is 11.8. The summed E-state index contributed by atoms with van der Waals surface area (Å²) in [6.45, 7) is 5.19. The third-order valence-corrected chi connectivity index (χ3v) is 2.94. The molecule has 1 aromatic carbocycles. The lowest BCUT2D eigenvalue weighted by molar-refractivity contribution is -0.133. The van der Waals surface area contributed by atoms with Crippen LogP contribution in [0.15, 0.2) is 24.3 Å². The summed E-state index contributed by atoms with van der Waals surface area (Å²) in [6.07, 6.45) is 0. The van der Waals surface area contributed by atoms with Crippen molar-refractivity contribution in [3.05, 3.63) is 35.4 Å². The summed E-state index contributed by atoms with van der Waals surface area (Å²) < 4.78 is 0. The van der Waals surface area contributed by atoms with Crippen LogP contribution in [0, 0.1) is 5.92 Å². The van der Waals surface area contributed by atoms with Crippen LogP contribution in [-0.4, -0.2) is 36.9 Å². The maximum Gasteiger partial charge on any atom is 0.251 e. The molecule has 0 spiro atoms. The van der Waals surface area contributed by atoms with Gasteiger partial charge in [0.15, 0.2) is 0 Å². The Morgan fingerprint density at radius 3 is 2.35 bits per heavy atom. The predicted octanol–water partition coefficient (Wildman–Crippen LogP) is 0.990. The predicted molar refractivity (Wildman–Crippen MR) is 79.1 cm³/mol. The Balaban J connectivity index is 2.63. The van der Waals surface area contributed by atoms with Gasteiger partial charge >= 0.3 is 0 Å². The average Bonchev–Trinajstić information content (AvgIpc) is 2.44. The highest BCUT2D eigenvalue weighted by molar-refractivity contribution is 5.94. The highest BCUT2D eigenvalue weighted by atomic mass is 16.2. The van der Waals surface area contributed by atoms with Crippen molar-refractivity contribution in [1.29, 1.82) is 0 Å². The van der Waals surface area contributed by atoms with Gasteiger partial charge in [0, 0.05) is 38.2 Å².